The third-order valence-electron chi connectivity index (χ3n) is 3.05. The van der Waals surface area contributed by atoms with E-state index in [1.165, 1.54) is 0 Å². The molecule has 2 aromatic rings. The van der Waals surface area contributed by atoms with Gasteiger partial charge >= 0.3 is 0 Å². The molecule has 4 nitrogen and oxygen atoms in total. The van der Waals surface area contributed by atoms with Crippen molar-refractivity contribution in [2.75, 3.05) is 12.4 Å². The van der Waals surface area contributed by atoms with E-state index in [9.17, 15) is 4.79 Å². The van der Waals surface area contributed by atoms with E-state index in [0.717, 1.165) is 10.0 Å². The van der Waals surface area contributed by atoms with Gasteiger partial charge in [0.2, 0.25) is 0 Å². The Hall–Kier alpha value is -1.88. The zero-order valence-corrected chi connectivity index (χ0v) is 12.9. The van der Waals surface area contributed by atoms with Gasteiger partial charge in [-0.25, -0.2) is 0 Å². The highest BCUT2D eigenvalue weighted by molar-refractivity contribution is 9.10. The van der Waals surface area contributed by atoms with Crippen LogP contribution in [-0.2, 0) is 0 Å². The lowest BCUT2D eigenvalue weighted by molar-refractivity contribution is 0.0940. The van der Waals surface area contributed by atoms with Gasteiger partial charge in [0.05, 0.1) is 23.5 Å². The van der Waals surface area contributed by atoms with Gasteiger partial charge in [-0.2, -0.15) is 0 Å². The van der Waals surface area contributed by atoms with E-state index in [2.05, 4.69) is 31.5 Å². The first-order chi connectivity index (χ1) is 9.61. The van der Waals surface area contributed by atoms with E-state index in [4.69, 9.17) is 0 Å². The molecular formula is C15H16BrN3O. The van der Waals surface area contributed by atoms with Gasteiger partial charge in [0.25, 0.3) is 5.91 Å². The molecule has 0 aliphatic carbocycles. The minimum Gasteiger partial charge on any atom is -0.386 e. The quantitative estimate of drug-likeness (QED) is 0.901. The molecule has 1 atom stereocenters. The Morgan fingerprint density at radius 3 is 2.60 bits per heavy atom. The maximum absolute atomic E-state index is 12.3. The first-order valence-corrected chi connectivity index (χ1v) is 7.09. The lowest BCUT2D eigenvalue weighted by Crippen LogP contribution is -2.27. The van der Waals surface area contributed by atoms with Crippen LogP contribution in [0.15, 0.2) is 47.2 Å². The largest absolute Gasteiger partial charge is 0.386 e. The fourth-order valence-corrected chi connectivity index (χ4v) is 2.17. The molecule has 0 aliphatic heterocycles. The molecule has 1 aromatic carbocycles. The number of aromatic nitrogens is 1. The number of hydrogen-bond donors (Lipinski definition) is 2. The Morgan fingerprint density at radius 2 is 1.95 bits per heavy atom. The smallest absolute Gasteiger partial charge is 0.253 e. The van der Waals surface area contributed by atoms with Gasteiger partial charge in [-0.1, -0.05) is 28.1 Å². The highest BCUT2D eigenvalue weighted by Gasteiger charge is 2.14. The molecule has 2 N–H and O–H groups in total. The van der Waals surface area contributed by atoms with Gasteiger partial charge in [0.1, 0.15) is 0 Å². The summed E-state index contributed by atoms with van der Waals surface area (Å²) < 4.78 is 1.02. The number of nitrogens with zero attached hydrogens (tertiary/aromatic N) is 1. The van der Waals surface area contributed by atoms with E-state index in [0.29, 0.717) is 11.3 Å². The maximum atomic E-state index is 12.3. The fraction of sp³-hybridized carbons (Fsp3) is 0.200. The van der Waals surface area contributed by atoms with Crippen LogP contribution in [-0.4, -0.2) is 17.9 Å². The predicted octanol–water partition coefficient (Wildman–Crippen LogP) is 3.38. The topological polar surface area (TPSA) is 54.0 Å². The molecule has 0 bridgehead atoms. The van der Waals surface area contributed by atoms with Crippen LogP contribution >= 0.6 is 15.9 Å². The molecule has 5 heteroatoms. The van der Waals surface area contributed by atoms with Gasteiger partial charge in [-0.15, -0.1) is 0 Å². The summed E-state index contributed by atoms with van der Waals surface area (Å²) in [5, 5.41) is 5.95. The first-order valence-electron chi connectivity index (χ1n) is 6.30. The van der Waals surface area contributed by atoms with Gasteiger partial charge in [0, 0.05) is 17.7 Å². The number of benzene rings is 1. The van der Waals surface area contributed by atoms with E-state index in [1.807, 2.05) is 31.2 Å². The average Bonchev–Trinajstić information content (AvgIpc) is 2.47. The third-order valence-corrected chi connectivity index (χ3v) is 3.58. The van der Waals surface area contributed by atoms with Gasteiger partial charge in [0.15, 0.2) is 0 Å². The lowest BCUT2D eigenvalue weighted by Gasteiger charge is -2.16. The van der Waals surface area contributed by atoms with Crippen LogP contribution in [0.3, 0.4) is 0 Å². The van der Waals surface area contributed by atoms with E-state index in [-0.39, 0.29) is 11.9 Å². The molecule has 1 unspecified atom stereocenters. The van der Waals surface area contributed by atoms with E-state index < -0.39 is 0 Å². The standard InChI is InChI=1S/C15H16BrN3O/c1-10(11-3-5-12(16)6-4-11)19-15(20)13-7-8-18-9-14(13)17-2/h3-10,17H,1-2H3,(H,19,20). The molecule has 0 aliphatic rings. The Morgan fingerprint density at radius 1 is 1.25 bits per heavy atom. The summed E-state index contributed by atoms with van der Waals surface area (Å²) >= 11 is 3.40. The lowest BCUT2D eigenvalue weighted by atomic mass is 10.1. The second kappa shape index (κ2) is 6.52. The van der Waals surface area contributed by atoms with Crippen molar-refractivity contribution < 1.29 is 4.79 Å². The highest BCUT2D eigenvalue weighted by atomic mass is 79.9. The van der Waals surface area contributed by atoms with Crippen molar-refractivity contribution in [2.45, 2.75) is 13.0 Å². The minimum absolute atomic E-state index is 0.0616. The second-order valence-electron chi connectivity index (χ2n) is 4.42. The summed E-state index contributed by atoms with van der Waals surface area (Å²) in [4.78, 5) is 16.3. The molecule has 2 rings (SSSR count). The predicted molar refractivity (Wildman–Crippen MR) is 83.8 cm³/mol. The van der Waals surface area contributed by atoms with Crippen LogP contribution in [0, 0.1) is 0 Å². The molecule has 0 saturated heterocycles. The molecule has 1 amide bonds. The Kier molecular flexibility index (Phi) is 4.74. The number of rotatable bonds is 4. The zero-order valence-electron chi connectivity index (χ0n) is 11.4. The molecule has 1 heterocycles. The van der Waals surface area contributed by atoms with Gasteiger partial charge in [-0.3, -0.25) is 9.78 Å². The number of pyridine rings is 1. The molecule has 20 heavy (non-hydrogen) atoms. The second-order valence-corrected chi connectivity index (χ2v) is 5.33. The van der Waals surface area contributed by atoms with Crippen molar-refractivity contribution in [2.24, 2.45) is 0 Å². The van der Waals surface area contributed by atoms with Crippen molar-refractivity contribution in [1.82, 2.24) is 10.3 Å². The molecule has 1 aromatic heterocycles. The van der Waals surface area contributed by atoms with Crippen LogP contribution in [0.25, 0.3) is 0 Å². The number of nitrogens with one attached hydrogen (secondary N) is 2. The Labute approximate surface area is 126 Å². The summed E-state index contributed by atoms with van der Waals surface area (Å²) in [6, 6.07) is 9.54. The first kappa shape index (κ1) is 14.5. The fourth-order valence-electron chi connectivity index (χ4n) is 1.90. The SMILES string of the molecule is CNc1cnccc1C(=O)NC(C)c1ccc(Br)cc1. The molecule has 0 spiro atoms. The van der Waals surface area contributed by atoms with Crippen molar-refractivity contribution in [1.29, 1.82) is 0 Å². The minimum atomic E-state index is -0.118. The monoisotopic (exact) mass is 333 g/mol. The maximum Gasteiger partial charge on any atom is 0.253 e. The van der Waals surface area contributed by atoms with Crippen molar-refractivity contribution >= 4 is 27.5 Å². The van der Waals surface area contributed by atoms with Crippen LogP contribution in [0.5, 0.6) is 0 Å². The Balaban J connectivity index is 2.13. The van der Waals surface area contributed by atoms with Crippen molar-refractivity contribution in [3.63, 3.8) is 0 Å². The van der Waals surface area contributed by atoms with E-state index in [1.54, 1.807) is 25.5 Å². The van der Waals surface area contributed by atoms with E-state index >= 15 is 0 Å². The summed E-state index contributed by atoms with van der Waals surface area (Å²) in [7, 11) is 1.77. The number of carbonyl (C=O) groups excluding carboxylic acids is 1. The highest BCUT2D eigenvalue weighted by Crippen LogP contribution is 2.18. The number of halogens is 1. The molecule has 104 valence electrons. The molecule has 0 radical (unpaired) electrons. The van der Waals surface area contributed by atoms with Crippen LogP contribution in [0.2, 0.25) is 0 Å². The Bertz CT molecular complexity index is 598. The summed E-state index contributed by atoms with van der Waals surface area (Å²) in [6.45, 7) is 1.96. The average molecular weight is 334 g/mol. The van der Waals surface area contributed by atoms with Crippen LogP contribution < -0.4 is 10.6 Å². The third kappa shape index (κ3) is 3.36. The summed E-state index contributed by atoms with van der Waals surface area (Å²) in [5.41, 5.74) is 2.36. The number of anilines is 1. The van der Waals surface area contributed by atoms with Crippen molar-refractivity contribution in [3.8, 4) is 0 Å². The van der Waals surface area contributed by atoms with Gasteiger partial charge < -0.3 is 10.6 Å². The molecular weight excluding hydrogens is 318 g/mol. The molecule has 0 saturated carbocycles. The molecule has 0 fully saturated rings. The zero-order chi connectivity index (χ0) is 14.5. The summed E-state index contributed by atoms with van der Waals surface area (Å²) in [6.07, 6.45) is 3.25. The number of amides is 1. The van der Waals surface area contributed by atoms with Gasteiger partial charge in [-0.05, 0) is 30.7 Å². The number of hydrogen-bond acceptors (Lipinski definition) is 3. The van der Waals surface area contributed by atoms with Crippen LogP contribution in [0.4, 0.5) is 5.69 Å². The summed E-state index contributed by atoms with van der Waals surface area (Å²) in [5.74, 6) is -0.118. The van der Waals surface area contributed by atoms with Crippen LogP contribution in [0.1, 0.15) is 28.9 Å². The van der Waals surface area contributed by atoms with Crippen molar-refractivity contribution in [3.05, 3.63) is 58.3 Å². The number of carbonyl (C=O) groups is 1. The normalized spacial score (nSPS) is 11.8.